The number of carbonyl (C=O) groups is 2. The molecule has 0 saturated carbocycles. The summed E-state index contributed by atoms with van der Waals surface area (Å²) in [7, 11) is 0. The highest BCUT2D eigenvalue weighted by Gasteiger charge is 2.07. The van der Waals surface area contributed by atoms with Crippen LogP contribution in [0.3, 0.4) is 0 Å². The van der Waals surface area contributed by atoms with Gasteiger partial charge < -0.3 is 10.1 Å². The third-order valence-electron chi connectivity index (χ3n) is 3.48. The number of ketones is 1. The standard InChI is InChI=1S/C17H30N4O3/c1-13(2)10-17(23)18-12-21-11-15(19-20-21)7-9-24-8-5-6-16(22)14(3)4/h11,13-14H,5-10,12H2,1-4H3,(H,18,23). The molecule has 0 saturated heterocycles. The van der Waals surface area contributed by atoms with Gasteiger partial charge >= 0.3 is 0 Å². The molecule has 1 amide bonds. The van der Waals surface area contributed by atoms with Gasteiger partial charge in [-0.25, -0.2) is 4.68 Å². The van der Waals surface area contributed by atoms with Crippen molar-refractivity contribution in [3.8, 4) is 0 Å². The minimum absolute atomic E-state index is 0.0151. The molecule has 1 aromatic rings. The molecule has 0 aromatic carbocycles. The molecule has 1 rings (SSSR count). The van der Waals surface area contributed by atoms with Crippen LogP contribution in [0.5, 0.6) is 0 Å². The van der Waals surface area contributed by atoms with Crippen molar-refractivity contribution < 1.29 is 14.3 Å². The highest BCUT2D eigenvalue weighted by atomic mass is 16.5. The monoisotopic (exact) mass is 338 g/mol. The number of carbonyl (C=O) groups excluding carboxylic acids is 2. The van der Waals surface area contributed by atoms with E-state index >= 15 is 0 Å². The van der Waals surface area contributed by atoms with Gasteiger partial charge in [0.15, 0.2) is 0 Å². The minimum Gasteiger partial charge on any atom is -0.381 e. The zero-order valence-corrected chi connectivity index (χ0v) is 15.2. The Balaban J connectivity index is 2.14. The number of hydrogen-bond acceptors (Lipinski definition) is 5. The lowest BCUT2D eigenvalue weighted by Crippen LogP contribution is -2.27. The summed E-state index contributed by atoms with van der Waals surface area (Å²) in [6, 6.07) is 0. The van der Waals surface area contributed by atoms with E-state index in [1.807, 2.05) is 27.7 Å². The Morgan fingerprint density at radius 2 is 2.00 bits per heavy atom. The molecule has 0 aliphatic heterocycles. The van der Waals surface area contributed by atoms with E-state index in [-0.39, 0.29) is 17.6 Å². The number of nitrogens with zero attached hydrogens (tertiary/aromatic N) is 3. The molecule has 1 aromatic heterocycles. The van der Waals surface area contributed by atoms with Crippen molar-refractivity contribution in [3.05, 3.63) is 11.9 Å². The Morgan fingerprint density at radius 1 is 1.25 bits per heavy atom. The second-order valence-corrected chi connectivity index (χ2v) is 6.69. The number of hydrogen-bond donors (Lipinski definition) is 1. The molecule has 0 aliphatic carbocycles. The maximum absolute atomic E-state index is 11.6. The predicted octanol–water partition coefficient (Wildman–Crippen LogP) is 1.96. The first-order valence-electron chi connectivity index (χ1n) is 8.64. The summed E-state index contributed by atoms with van der Waals surface area (Å²) in [6.07, 6.45) is 4.31. The lowest BCUT2D eigenvalue weighted by Gasteiger charge is -2.06. The largest absolute Gasteiger partial charge is 0.381 e. The van der Waals surface area contributed by atoms with Crippen LogP contribution in [0.1, 0.15) is 52.7 Å². The summed E-state index contributed by atoms with van der Waals surface area (Å²) in [5.74, 6) is 0.729. The fraction of sp³-hybridized carbons (Fsp3) is 0.765. The molecule has 0 radical (unpaired) electrons. The maximum Gasteiger partial charge on any atom is 0.221 e. The van der Waals surface area contributed by atoms with Crippen molar-refractivity contribution in [2.75, 3.05) is 13.2 Å². The van der Waals surface area contributed by atoms with Crippen LogP contribution >= 0.6 is 0 Å². The van der Waals surface area contributed by atoms with Crippen LogP contribution < -0.4 is 5.32 Å². The molecule has 24 heavy (non-hydrogen) atoms. The normalized spacial score (nSPS) is 11.2. The molecule has 0 spiro atoms. The third-order valence-corrected chi connectivity index (χ3v) is 3.48. The van der Waals surface area contributed by atoms with E-state index < -0.39 is 0 Å². The van der Waals surface area contributed by atoms with Crippen molar-refractivity contribution >= 4 is 11.7 Å². The van der Waals surface area contributed by atoms with Gasteiger partial charge in [0, 0.05) is 31.8 Å². The molecule has 1 heterocycles. The number of aromatic nitrogens is 3. The fourth-order valence-corrected chi connectivity index (χ4v) is 2.06. The van der Waals surface area contributed by atoms with Crippen molar-refractivity contribution in [2.24, 2.45) is 11.8 Å². The number of Topliss-reactive ketones (excluding diaryl/α,β-unsaturated/α-hetero) is 1. The van der Waals surface area contributed by atoms with E-state index in [9.17, 15) is 9.59 Å². The first kappa shape index (κ1) is 20.3. The van der Waals surface area contributed by atoms with E-state index in [0.29, 0.717) is 45.1 Å². The van der Waals surface area contributed by atoms with Crippen LogP contribution in [-0.4, -0.2) is 39.9 Å². The highest BCUT2D eigenvalue weighted by Crippen LogP contribution is 2.02. The van der Waals surface area contributed by atoms with E-state index in [2.05, 4.69) is 15.6 Å². The number of nitrogens with one attached hydrogen (secondary N) is 1. The average Bonchev–Trinajstić information content (AvgIpc) is 2.95. The molecular weight excluding hydrogens is 308 g/mol. The van der Waals surface area contributed by atoms with E-state index in [1.165, 1.54) is 0 Å². The zero-order valence-electron chi connectivity index (χ0n) is 15.2. The molecule has 0 bridgehead atoms. The van der Waals surface area contributed by atoms with Crippen molar-refractivity contribution in [2.45, 2.75) is 60.0 Å². The van der Waals surface area contributed by atoms with Crippen molar-refractivity contribution in [1.29, 1.82) is 0 Å². The van der Waals surface area contributed by atoms with Gasteiger partial charge in [-0.2, -0.15) is 0 Å². The molecule has 0 atom stereocenters. The van der Waals surface area contributed by atoms with Gasteiger partial charge in [-0.3, -0.25) is 9.59 Å². The van der Waals surface area contributed by atoms with E-state index in [1.54, 1.807) is 10.9 Å². The molecule has 7 heteroatoms. The van der Waals surface area contributed by atoms with Gasteiger partial charge in [0.25, 0.3) is 0 Å². The summed E-state index contributed by atoms with van der Waals surface area (Å²) < 4.78 is 7.13. The molecule has 0 unspecified atom stereocenters. The molecule has 7 nitrogen and oxygen atoms in total. The van der Waals surface area contributed by atoms with E-state index in [0.717, 1.165) is 12.1 Å². The SMILES string of the molecule is CC(C)CC(=O)NCn1cc(CCOCCCC(=O)C(C)C)nn1. The second-order valence-electron chi connectivity index (χ2n) is 6.69. The van der Waals surface area contributed by atoms with Crippen molar-refractivity contribution in [3.63, 3.8) is 0 Å². The topological polar surface area (TPSA) is 86.1 Å². The summed E-state index contributed by atoms with van der Waals surface area (Å²) in [5, 5.41) is 10.8. The van der Waals surface area contributed by atoms with E-state index in [4.69, 9.17) is 4.74 Å². The van der Waals surface area contributed by atoms with Crippen LogP contribution in [0.4, 0.5) is 0 Å². The van der Waals surface area contributed by atoms with Crippen LogP contribution in [0, 0.1) is 11.8 Å². The Labute approximate surface area is 144 Å². The van der Waals surface area contributed by atoms with Gasteiger partial charge in [0.05, 0.1) is 18.5 Å². The number of rotatable bonds is 12. The molecule has 136 valence electrons. The number of amides is 1. The van der Waals surface area contributed by atoms with Crippen LogP contribution in [0.15, 0.2) is 6.20 Å². The highest BCUT2D eigenvalue weighted by molar-refractivity contribution is 5.80. The first-order chi connectivity index (χ1) is 11.4. The molecule has 1 N–H and O–H groups in total. The number of ether oxygens (including phenoxy) is 1. The zero-order chi connectivity index (χ0) is 17.9. The second kappa shape index (κ2) is 10.9. The van der Waals surface area contributed by atoms with Crippen molar-refractivity contribution in [1.82, 2.24) is 20.3 Å². The Morgan fingerprint density at radius 3 is 2.67 bits per heavy atom. The van der Waals surface area contributed by atoms with Crippen LogP contribution in [0.2, 0.25) is 0 Å². The minimum atomic E-state index is 0.0151. The van der Waals surface area contributed by atoms with Crippen LogP contribution in [0.25, 0.3) is 0 Å². The molecule has 0 fully saturated rings. The Bertz CT molecular complexity index is 512. The van der Waals surface area contributed by atoms with Gasteiger partial charge in [0.1, 0.15) is 12.5 Å². The Hall–Kier alpha value is -1.76. The third kappa shape index (κ3) is 8.76. The smallest absolute Gasteiger partial charge is 0.221 e. The molecule has 0 aliphatic rings. The lowest BCUT2D eigenvalue weighted by atomic mass is 10.1. The average molecular weight is 338 g/mol. The van der Waals surface area contributed by atoms with Gasteiger partial charge in [0.2, 0.25) is 5.91 Å². The quantitative estimate of drug-likeness (QED) is 0.589. The summed E-state index contributed by atoms with van der Waals surface area (Å²) in [4.78, 5) is 23.0. The lowest BCUT2D eigenvalue weighted by molar-refractivity contribution is -0.123. The van der Waals surface area contributed by atoms with Gasteiger partial charge in [-0.05, 0) is 12.3 Å². The Kier molecular flexibility index (Phi) is 9.22. The van der Waals surface area contributed by atoms with Gasteiger partial charge in [-0.15, -0.1) is 5.10 Å². The summed E-state index contributed by atoms with van der Waals surface area (Å²) >= 11 is 0. The first-order valence-corrected chi connectivity index (χ1v) is 8.64. The van der Waals surface area contributed by atoms with Gasteiger partial charge in [-0.1, -0.05) is 32.9 Å². The predicted molar refractivity (Wildman–Crippen MR) is 91.2 cm³/mol. The fourth-order valence-electron chi connectivity index (χ4n) is 2.06. The van der Waals surface area contributed by atoms with Crippen LogP contribution in [-0.2, 0) is 27.4 Å². The maximum atomic E-state index is 11.6. The molecular formula is C17H30N4O3. The summed E-state index contributed by atoms with van der Waals surface area (Å²) in [5.41, 5.74) is 0.825. The summed E-state index contributed by atoms with van der Waals surface area (Å²) in [6.45, 7) is 9.30.